The van der Waals surface area contributed by atoms with Gasteiger partial charge in [0.1, 0.15) is 22.4 Å². The summed E-state index contributed by atoms with van der Waals surface area (Å²) in [5, 5.41) is 11.4. The zero-order valence-corrected chi connectivity index (χ0v) is 11.8. The van der Waals surface area contributed by atoms with Gasteiger partial charge in [-0.3, -0.25) is 14.8 Å². The molecule has 0 bridgehead atoms. The molecule has 3 heterocycles. The van der Waals surface area contributed by atoms with Gasteiger partial charge in [-0.2, -0.15) is 0 Å². The van der Waals surface area contributed by atoms with E-state index in [1.54, 1.807) is 24.0 Å². The number of hydrogen-bond acceptors (Lipinski definition) is 6. The Hall–Kier alpha value is -2.35. The first-order valence-corrected chi connectivity index (χ1v) is 7.30. The molecule has 0 radical (unpaired) electrons. The lowest BCUT2D eigenvalue weighted by Gasteiger charge is -2.20. The number of aromatic nitrogens is 3. The van der Waals surface area contributed by atoms with Crippen molar-refractivity contribution in [3.8, 4) is 10.7 Å². The second kappa shape index (κ2) is 5.57. The first kappa shape index (κ1) is 13.6. The van der Waals surface area contributed by atoms with E-state index in [2.05, 4.69) is 15.0 Å². The normalized spacial score (nSPS) is 17.9. The van der Waals surface area contributed by atoms with Crippen molar-refractivity contribution in [1.82, 2.24) is 19.9 Å². The maximum atomic E-state index is 12.4. The van der Waals surface area contributed by atoms with Crippen molar-refractivity contribution in [2.24, 2.45) is 0 Å². The number of carbonyl (C=O) groups excluding carboxylic acids is 1. The third-order valence-corrected chi connectivity index (χ3v) is 4.17. The average Bonchev–Trinajstić information content (AvgIpc) is 3.17. The minimum Gasteiger partial charge on any atom is -0.480 e. The third-order valence-electron chi connectivity index (χ3n) is 3.30. The molecule has 108 valence electrons. The standard InChI is InChI=1S/C13H12N4O3S/c18-12(17-5-1-2-10(17)13(19)20)9-7-21-11(16-9)8-6-14-3-4-15-8/h3-4,6-7,10H,1-2,5H2,(H,19,20). The van der Waals surface area contributed by atoms with E-state index in [4.69, 9.17) is 5.11 Å². The van der Waals surface area contributed by atoms with Gasteiger partial charge in [-0.1, -0.05) is 0 Å². The van der Waals surface area contributed by atoms with Gasteiger partial charge in [0.05, 0.1) is 6.20 Å². The molecule has 0 aliphatic carbocycles. The smallest absolute Gasteiger partial charge is 0.326 e. The molecule has 1 N–H and O–H groups in total. The molecule has 3 rings (SSSR count). The Morgan fingerprint density at radius 3 is 2.95 bits per heavy atom. The highest BCUT2D eigenvalue weighted by molar-refractivity contribution is 7.13. The summed E-state index contributed by atoms with van der Waals surface area (Å²) >= 11 is 1.29. The molecule has 0 aromatic carbocycles. The van der Waals surface area contributed by atoms with Crippen LogP contribution < -0.4 is 0 Å². The second-order valence-corrected chi connectivity index (χ2v) is 5.48. The SMILES string of the molecule is O=C(O)C1CCCN1C(=O)c1csc(-c2cnccn2)n1. The van der Waals surface area contributed by atoms with Crippen LogP contribution in [0.15, 0.2) is 24.0 Å². The summed E-state index contributed by atoms with van der Waals surface area (Å²) in [5.74, 6) is -1.31. The summed E-state index contributed by atoms with van der Waals surface area (Å²) < 4.78 is 0. The Kier molecular flexibility index (Phi) is 3.61. The summed E-state index contributed by atoms with van der Waals surface area (Å²) in [6, 6.07) is -0.751. The Bertz CT molecular complexity index is 673. The fraction of sp³-hybridized carbons (Fsp3) is 0.308. The van der Waals surface area contributed by atoms with Gasteiger partial charge in [-0.15, -0.1) is 11.3 Å². The second-order valence-electron chi connectivity index (χ2n) is 4.62. The molecular weight excluding hydrogens is 292 g/mol. The van der Waals surface area contributed by atoms with E-state index in [9.17, 15) is 9.59 Å². The molecule has 1 saturated heterocycles. The van der Waals surface area contributed by atoms with E-state index in [0.29, 0.717) is 30.1 Å². The van der Waals surface area contributed by atoms with Crippen molar-refractivity contribution in [3.05, 3.63) is 29.7 Å². The van der Waals surface area contributed by atoms with Crippen molar-refractivity contribution in [2.75, 3.05) is 6.54 Å². The van der Waals surface area contributed by atoms with E-state index >= 15 is 0 Å². The van der Waals surface area contributed by atoms with Gasteiger partial charge < -0.3 is 10.0 Å². The van der Waals surface area contributed by atoms with E-state index < -0.39 is 12.0 Å². The van der Waals surface area contributed by atoms with Crippen LogP contribution in [0.1, 0.15) is 23.3 Å². The van der Waals surface area contributed by atoms with Crippen LogP contribution in [0.3, 0.4) is 0 Å². The van der Waals surface area contributed by atoms with Crippen LogP contribution in [0.4, 0.5) is 0 Å². The summed E-state index contributed by atoms with van der Waals surface area (Å²) in [5.41, 5.74) is 0.853. The van der Waals surface area contributed by atoms with Crippen LogP contribution in [0, 0.1) is 0 Å². The molecule has 21 heavy (non-hydrogen) atoms. The summed E-state index contributed by atoms with van der Waals surface area (Å²) in [6.45, 7) is 0.452. The predicted octanol–water partition coefficient (Wildman–Crippen LogP) is 1.29. The van der Waals surface area contributed by atoms with Gasteiger partial charge in [0.25, 0.3) is 5.91 Å². The summed E-state index contributed by atoms with van der Waals surface area (Å²) in [6.07, 6.45) is 5.87. The number of amides is 1. The lowest BCUT2D eigenvalue weighted by atomic mass is 10.2. The van der Waals surface area contributed by atoms with E-state index in [1.165, 1.54) is 16.2 Å². The molecule has 2 aromatic rings. The Morgan fingerprint density at radius 2 is 2.24 bits per heavy atom. The molecular formula is C13H12N4O3S. The van der Waals surface area contributed by atoms with Crippen LogP contribution in [0.5, 0.6) is 0 Å². The average molecular weight is 304 g/mol. The van der Waals surface area contributed by atoms with E-state index in [0.717, 1.165) is 0 Å². The highest BCUT2D eigenvalue weighted by atomic mass is 32.1. The Balaban J connectivity index is 1.83. The van der Waals surface area contributed by atoms with Crippen LogP contribution in [0.2, 0.25) is 0 Å². The topological polar surface area (TPSA) is 96.3 Å². The Labute approximate surface area is 124 Å². The minimum atomic E-state index is -0.967. The van der Waals surface area contributed by atoms with Crippen molar-refractivity contribution >= 4 is 23.2 Å². The number of likely N-dealkylation sites (tertiary alicyclic amines) is 1. The number of hydrogen-bond donors (Lipinski definition) is 1. The molecule has 8 heteroatoms. The Morgan fingerprint density at radius 1 is 1.38 bits per heavy atom. The van der Waals surface area contributed by atoms with Gasteiger partial charge in [0.2, 0.25) is 0 Å². The minimum absolute atomic E-state index is 0.258. The lowest BCUT2D eigenvalue weighted by Crippen LogP contribution is -2.40. The highest BCUT2D eigenvalue weighted by Gasteiger charge is 2.35. The largest absolute Gasteiger partial charge is 0.480 e. The number of thiazole rings is 1. The summed E-state index contributed by atoms with van der Waals surface area (Å²) in [7, 11) is 0. The van der Waals surface area contributed by atoms with Crippen molar-refractivity contribution < 1.29 is 14.7 Å². The van der Waals surface area contributed by atoms with Crippen LogP contribution in [0.25, 0.3) is 10.7 Å². The molecule has 0 saturated carbocycles. The van der Waals surface area contributed by atoms with Crippen LogP contribution in [-0.2, 0) is 4.79 Å². The number of rotatable bonds is 3. The van der Waals surface area contributed by atoms with E-state index in [-0.39, 0.29) is 11.6 Å². The zero-order valence-electron chi connectivity index (χ0n) is 11.0. The molecule has 1 amide bonds. The lowest BCUT2D eigenvalue weighted by molar-refractivity contribution is -0.141. The molecule has 2 aromatic heterocycles. The fourth-order valence-corrected chi connectivity index (χ4v) is 3.07. The van der Waals surface area contributed by atoms with Crippen molar-refractivity contribution in [1.29, 1.82) is 0 Å². The number of nitrogens with zero attached hydrogens (tertiary/aromatic N) is 4. The zero-order chi connectivity index (χ0) is 14.8. The number of aliphatic carboxylic acids is 1. The first-order valence-electron chi connectivity index (χ1n) is 6.42. The van der Waals surface area contributed by atoms with Crippen molar-refractivity contribution in [2.45, 2.75) is 18.9 Å². The van der Waals surface area contributed by atoms with Gasteiger partial charge in [0.15, 0.2) is 0 Å². The van der Waals surface area contributed by atoms with Crippen LogP contribution >= 0.6 is 11.3 Å². The quantitative estimate of drug-likeness (QED) is 0.918. The molecule has 0 spiro atoms. The van der Waals surface area contributed by atoms with Crippen molar-refractivity contribution in [3.63, 3.8) is 0 Å². The third kappa shape index (κ3) is 2.62. The number of carboxylic acids is 1. The monoisotopic (exact) mass is 304 g/mol. The van der Waals surface area contributed by atoms with E-state index in [1.807, 2.05) is 0 Å². The first-order chi connectivity index (χ1) is 10.2. The molecule has 7 nitrogen and oxygen atoms in total. The number of carbonyl (C=O) groups is 2. The van der Waals surface area contributed by atoms with Gasteiger partial charge in [0, 0.05) is 24.3 Å². The van der Waals surface area contributed by atoms with Gasteiger partial charge >= 0.3 is 5.97 Å². The maximum Gasteiger partial charge on any atom is 0.326 e. The molecule has 1 fully saturated rings. The maximum absolute atomic E-state index is 12.4. The molecule has 1 aliphatic rings. The van der Waals surface area contributed by atoms with Gasteiger partial charge in [-0.05, 0) is 12.8 Å². The fourth-order valence-electron chi connectivity index (χ4n) is 2.31. The summed E-state index contributed by atoms with van der Waals surface area (Å²) in [4.78, 5) is 37.2. The molecule has 1 unspecified atom stereocenters. The number of carboxylic acid groups (broad SMARTS) is 1. The molecule has 1 aliphatic heterocycles. The highest BCUT2D eigenvalue weighted by Crippen LogP contribution is 2.24. The molecule has 1 atom stereocenters. The predicted molar refractivity (Wildman–Crippen MR) is 74.8 cm³/mol. The van der Waals surface area contributed by atoms with Gasteiger partial charge in [-0.25, -0.2) is 9.78 Å². The van der Waals surface area contributed by atoms with Crippen LogP contribution in [-0.4, -0.2) is 49.4 Å².